The minimum Gasteiger partial charge on any atom is -0.462 e. The molecule has 0 saturated heterocycles. The number of carbonyl (C=O) groups is 1. The van der Waals surface area contributed by atoms with Gasteiger partial charge in [-0.25, -0.2) is 0 Å². The van der Waals surface area contributed by atoms with Gasteiger partial charge in [0.1, 0.15) is 15.9 Å². The van der Waals surface area contributed by atoms with Gasteiger partial charge in [-0.15, -0.1) is 23.2 Å². The number of halogens is 6. The molecular weight excluding hydrogens is 401 g/mol. The third-order valence-corrected chi connectivity index (χ3v) is 9.77. The van der Waals surface area contributed by atoms with Gasteiger partial charge in [0.25, 0.3) is 0 Å². The molecule has 4 aliphatic rings. The van der Waals surface area contributed by atoms with Crippen LogP contribution < -0.4 is 0 Å². The normalized spacial score (nSPS) is 55.5. The van der Waals surface area contributed by atoms with Gasteiger partial charge in [-0.3, -0.25) is 4.79 Å². The first-order valence-electron chi connectivity index (χ1n) is 6.59. The Morgan fingerprint density at radius 2 is 1.57 bits per heavy atom. The van der Waals surface area contributed by atoms with Gasteiger partial charge in [-0.2, -0.15) is 0 Å². The van der Waals surface area contributed by atoms with Gasteiger partial charge < -0.3 is 4.74 Å². The zero-order valence-electron chi connectivity index (χ0n) is 10.7. The summed E-state index contributed by atoms with van der Waals surface area (Å²) in [6.07, 6.45) is 0.539. The van der Waals surface area contributed by atoms with Crippen LogP contribution in [-0.2, 0) is 9.53 Å². The van der Waals surface area contributed by atoms with Crippen molar-refractivity contribution in [3.8, 4) is 0 Å². The van der Waals surface area contributed by atoms with E-state index >= 15 is 0 Å². The Hall–Kier alpha value is 0.950. The molecule has 0 aliphatic heterocycles. The molecule has 21 heavy (non-hydrogen) atoms. The van der Waals surface area contributed by atoms with Crippen LogP contribution in [0.2, 0.25) is 0 Å². The van der Waals surface area contributed by atoms with Crippen LogP contribution in [0.5, 0.6) is 0 Å². The number of hydrogen-bond donors (Lipinski definition) is 0. The lowest BCUT2D eigenvalue weighted by Crippen LogP contribution is -2.47. The molecule has 7 atom stereocenters. The number of rotatable bonds is 1. The van der Waals surface area contributed by atoms with Crippen LogP contribution in [-0.4, -0.2) is 26.2 Å². The molecule has 2 bridgehead atoms. The summed E-state index contributed by atoms with van der Waals surface area (Å²) in [6.45, 7) is 1.37. The Labute approximate surface area is 152 Å². The van der Waals surface area contributed by atoms with E-state index in [4.69, 9.17) is 74.3 Å². The van der Waals surface area contributed by atoms with Crippen LogP contribution in [0.15, 0.2) is 10.1 Å². The molecule has 116 valence electrons. The highest BCUT2D eigenvalue weighted by Gasteiger charge is 2.89. The number of carbonyl (C=O) groups excluding carboxylic acids is 1. The molecule has 0 aromatic heterocycles. The van der Waals surface area contributed by atoms with Gasteiger partial charge in [0.2, 0.25) is 0 Å². The molecule has 0 radical (unpaired) electrons. The van der Waals surface area contributed by atoms with Crippen molar-refractivity contribution in [2.75, 3.05) is 0 Å². The minimum absolute atomic E-state index is 0.143. The van der Waals surface area contributed by atoms with Gasteiger partial charge in [-0.05, 0) is 24.2 Å². The van der Waals surface area contributed by atoms with Crippen LogP contribution in [0, 0.1) is 23.7 Å². The summed E-state index contributed by atoms with van der Waals surface area (Å²) in [6, 6.07) is 0. The van der Waals surface area contributed by atoms with Crippen LogP contribution in [0.4, 0.5) is 0 Å². The van der Waals surface area contributed by atoms with Crippen molar-refractivity contribution < 1.29 is 9.53 Å². The first-order chi connectivity index (χ1) is 9.60. The maximum absolute atomic E-state index is 11.4. The van der Waals surface area contributed by atoms with E-state index in [-0.39, 0.29) is 45.8 Å². The van der Waals surface area contributed by atoms with Crippen LogP contribution in [0.25, 0.3) is 0 Å². The molecule has 0 heterocycles. The Bertz CT molecular complexity index is 603. The summed E-state index contributed by atoms with van der Waals surface area (Å²) in [5.74, 6) is -0.339. The molecule has 0 aromatic carbocycles. The number of allylic oxidation sites excluding steroid dienone is 2. The van der Waals surface area contributed by atoms with Gasteiger partial charge in [0, 0.05) is 12.8 Å². The summed E-state index contributed by atoms with van der Waals surface area (Å²) in [7, 11) is 0. The van der Waals surface area contributed by atoms with Gasteiger partial charge in [0.15, 0.2) is 4.33 Å². The van der Waals surface area contributed by atoms with E-state index in [1.165, 1.54) is 6.92 Å². The molecule has 0 aromatic rings. The second-order valence-electron chi connectivity index (χ2n) is 6.31. The number of esters is 1. The average Bonchev–Trinajstić information content (AvgIpc) is 3.06. The Morgan fingerprint density at radius 1 is 1.05 bits per heavy atom. The van der Waals surface area contributed by atoms with Crippen molar-refractivity contribution in [1.29, 1.82) is 0 Å². The average molecular weight is 411 g/mol. The molecule has 8 heteroatoms. The first-order valence-corrected chi connectivity index (χ1v) is 8.86. The number of alkyl halides is 4. The molecule has 0 amide bonds. The zero-order valence-corrected chi connectivity index (χ0v) is 15.2. The molecule has 3 fully saturated rings. The van der Waals surface area contributed by atoms with E-state index in [1.54, 1.807) is 0 Å². The summed E-state index contributed by atoms with van der Waals surface area (Å²) in [4.78, 5) is 8.86. The predicted octanol–water partition coefficient (Wildman–Crippen LogP) is 4.65. The SMILES string of the molecule is CC(=O)O[C@@H]1[C@@H]2C[C@@H]2[C@@H]2[C@H]1[C@]1(Cl)C(Cl)=C(Cl)[C@@]2(Cl)C1(Cl)Cl. The fourth-order valence-corrected chi connectivity index (χ4v) is 7.80. The third-order valence-electron chi connectivity index (χ3n) is 5.48. The molecule has 3 saturated carbocycles. The Kier molecular flexibility index (Phi) is 3.04. The van der Waals surface area contributed by atoms with Crippen LogP contribution >= 0.6 is 69.6 Å². The second-order valence-corrected chi connectivity index (χ2v) is 9.59. The smallest absolute Gasteiger partial charge is 0.302 e. The molecule has 0 N–H and O–H groups in total. The van der Waals surface area contributed by atoms with Gasteiger partial charge in [-0.1, -0.05) is 46.4 Å². The van der Waals surface area contributed by atoms with E-state index in [0.29, 0.717) is 0 Å². The number of fused-ring (bicyclic) bond motifs is 7. The van der Waals surface area contributed by atoms with Crippen molar-refractivity contribution >= 4 is 75.6 Å². The van der Waals surface area contributed by atoms with E-state index < -0.39 is 14.1 Å². The van der Waals surface area contributed by atoms with Crippen molar-refractivity contribution in [3.63, 3.8) is 0 Å². The van der Waals surface area contributed by atoms with Gasteiger partial charge in [0.05, 0.1) is 10.1 Å². The predicted molar refractivity (Wildman–Crippen MR) is 84.5 cm³/mol. The van der Waals surface area contributed by atoms with E-state index in [2.05, 4.69) is 0 Å². The summed E-state index contributed by atoms with van der Waals surface area (Å²) in [5, 5.41) is 0.395. The maximum atomic E-state index is 11.4. The van der Waals surface area contributed by atoms with Crippen LogP contribution in [0.3, 0.4) is 0 Å². The fourth-order valence-electron chi connectivity index (χ4n) is 4.70. The topological polar surface area (TPSA) is 26.3 Å². The molecular formula is C13H10Cl6O2. The molecule has 0 spiro atoms. The third kappa shape index (κ3) is 1.41. The van der Waals surface area contributed by atoms with Crippen molar-refractivity contribution in [1.82, 2.24) is 0 Å². The lowest BCUT2D eigenvalue weighted by atomic mass is 9.80. The van der Waals surface area contributed by atoms with E-state index in [1.807, 2.05) is 0 Å². The Morgan fingerprint density at radius 3 is 2.10 bits per heavy atom. The number of hydrogen-bond acceptors (Lipinski definition) is 2. The molecule has 2 nitrogen and oxygen atoms in total. The highest BCUT2D eigenvalue weighted by atomic mass is 35.5. The first kappa shape index (κ1) is 15.5. The molecule has 0 unspecified atom stereocenters. The van der Waals surface area contributed by atoms with Crippen LogP contribution in [0.1, 0.15) is 13.3 Å². The summed E-state index contributed by atoms with van der Waals surface area (Å²) in [5.41, 5.74) is 0. The lowest BCUT2D eigenvalue weighted by Gasteiger charge is -2.37. The van der Waals surface area contributed by atoms with Gasteiger partial charge >= 0.3 is 5.97 Å². The maximum Gasteiger partial charge on any atom is 0.302 e. The Balaban J connectivity index is 1.90. The number of ether oxygens (including phenoxy) is 1. The fraction of sp³-hybridized carbons (Fsp3) is 0.769. The van der Waals surface area contributed by atoms with E-state index in [9.17, 15) is 4.79 Å². The standard InChI is InChI=1S/C13H10Cl6O2/c1-3(20)21-8-5-2-4(5)6-7(8)12(17)10(15)9(14)11(6,16)13(12,18)19/h4-8H,2H2,1H3/t4-,5+,6+,7+,8+,11+,12-/m0/s1. The molecule has 4 aliphatic carbocycles. The minimum atomic E-state index is -1.54. The van der Waals surface area contributed by atoms with Crippen molar-refractivity contribution in [3.05, 3.63) is 10.1 Å². The largest absolute Gasteiger partial charge is 0.462 e. The van der Waals surface area contributed by atoms with E-state index in [0.717, 1.165) is 6.42 Å². The van der Waals surface area contributed by atoms with Crippen molar-refractivity contribution in [2.24, 2.45) is 23.7 Å². The second kappa shape index (κ2) is 4.13. The molecule has 4 rings (SSSR count). The highest BCUT2D eigenvalue weighted by Crippen LogP contribution is 2.83. The zero-order chi connectivity index (χ0) is 15.5. The summed E-state index contributed by atoms with van der Waals surface area (Å²) < 4.78 is 3.95. The lowest BCUT2D eigenvalue weighted by molar-refractivity contribution is -0.150. The quantitative estimate of drug-likeness (QED) is 0.464. The summed E-state index contributed by atoms with van der Waals surface area (Å²) >= 11 is 39.3. The van der Waals surface area contributed by atoms with Crippen molar-refractivity contribution in [2.45, 2.75) is 33.5 Å². The monoisotopic (exact) mass is 408 g/mol. The highest BCUT2D eigenvalue weighted by molar-refractivity contribution is 6.65.